The first-order chi connectivity index (χ1) is 8.95. The van der Waals surface area contributed by atoms with Crippen molar-refractivity contribution in [3.63, 3.8) is 0 Å². The predicted octanol–water partition coefficient (Wildman–Crippen LogP) is 3.44. The number of benzene rings is 1. The van der Waals surface area contributed by atoms with Gasteiger partial charge < -0.3 is 10.6 Å². The van der Waals surface area contributed by atoms with Gasteiger partial charge in [-0.05, 0) is 24.4 Å². The molecule has 0 aliphatic rings. The van der Waals surface area contributed by atoms with Crippen molar-refractivity contribution in [1.82, 2.24) is 4.90 Å². The minimum absolute atomic E-state index is 0.200. The van der Waals surface area contributed by atoms with Crippen LogP contribution >= 0.6 is 0 Å². The van der Waals surface area contributed by atoms with E-state index in [1.807, 2.05) is 6.07 Å². The molecule has 0 amide bonds. The fourth-order valence-electron chi connectivity index (χ4n) is 2.42. The normalized spacial score (nSPS) is 14.9. The van der Waals surface area contributed by atoms with Crippen molar-refractivity contribution in [2.24, 2.45) is 17.6 Å². The monoisotopic (exact) mass is 266 g/mol. The fraction of sp³-hybridized carbons (Fsp3) is 0.625. The summed E-state index contributed by atoms with van der Waals surface area (Å²) >= 11 is 0. The Morgan fingerprint density at radius 3 is 2.32 bits per heavy atom. The second-order valence-electron chi connectivity index (χ2n) is 5.77. The Balaban J connectivity index is 2.66. The molecule has 0 aliphatic heterocycles. The van der Waals surface area contributed by atoms with Gasteiger partial charge in [0.2, 0.25) is 0 Å². The van der Waals surface area contributed by atoms with Crippen molar-refractivity contribution >= 4 is 0 Å². The van der Waals surface area contributed by atoms with Gasteiger partial charge in [-0.15, -0.1) is 0 Å². The van der Waals surface area contributed by atoms with E-state index in [1.54, 1.807) is 12.1 Å². The highest BCUT2D eigenvalue weighted by Crippen LogP contribution is 2.22. The molecule has 0 aromatic heterocycles. The van der Waals surface area contributed by atoms with E-state index in [2.05, 4.69) is 32.6 Å². The molecular weight excluding hydrogens is 239 g/mol. The molecule has 0 spiro atoms. The first-order valence-corrected chi connectivity index (χ1v) is 7.18. The van der Waals surface area contributed by atoms with Crippen LogP contribution in [0.4, 0.5) is 4.39 Å². The van der Waals surface area contributed by atoms with Gasteiger partial charge in [0.25, 0.3) is 0 Å². The van der Waals surface area contributed by atoms with E-state index in [1.165, 1.54) is 6.07 Å². The maximum Gasteiger partial charge on any atom is 0.127 e. The van der Waals surface area contributed by atoms with Crippen LogP contribution in [0.15, 0.2) is 24.3 Å². The lowest BCUT2D eigenvalue weighted by molar-refractivity contribution is 0.209. The highest BCUT2D eigenvalue weighted by atomic mass is 19.1. The maximum atomic E-state index is 13.7. The van der Waals surface area contributed by atoms with Gasteiger partial charge in [-0.1, -0.05) is 45.9 Å². The summed E-state index contributed by atoms with van der Waals surface area (Å²) in [5.74, 6) is 0.668. The molecule has 0 heterocycles. The molecule has 0 fully saturated rings. The first-order valence-electron chi connectivity index (χ1n) is 7.18. The largest absolute Gasteiger partial charge is 0.324 e. The van der Waals surface area contributed by atoms with E-state index in [-0.39, 0.29) is 17.8 Å². The average molecular weight is 266 g/mol. The maximum absolute atomic E-state index is 13.7. The molecule has 2 nitrogen and oxygen atoms in total. The summed E-state index contributed by atoms with van der Waals surface area (Å²) in [4.78, 5) is 2.38. The molecule has 0 saturated carbocycles. The number of halogens is 1. The third kappa shape index (κ3) is 4.92. The quantitative estimate of drug-likeness (QED) is 0.819. The van der Waals surface area contributed by atoms with Crippen LogP contribution in [-0.4, -0.2) is 24.5 Å². The number of nitrogens with two attached hydrogens (primary N) is 1. The molecule has 1 aromatic rings. The van der Waals surface area contributed by atoms with Gasteiger partial charge in [0, 0.05) is 24.7 Å². The smallest absolute Gasteiger partial charge is 0.127 e. The predicted molar refractivity (Wildman–Crippen MR) is 79.4 cm³/mol. The molecule has 0 bridgehead atoms. The molecular formula is C16H27FN2. The van der Waals surface area contributed by atoms with E-state index in [0.717, 1.165) is 19.6 Å². The standard InChI is InChI=1S/C16H27FN2/c1-5-19(10-12(2)3)11-13(4)16(18)14-8-6-7-9-15(14)17/h6-9,12-13,16H,5,10-11,18H2,1-4H3. The molecule has 2 atom stereocenters. The van der Waals surface area contributed by atoms with Crippen LogP contribution < -0.4 is 5.73 Å². The van der Waals surface area contributed by atoms with Gasteiger partial charge in [0.05, 0.1) is 0 Å². The fourth-order valence-corrected chi connectivity index (χ4v) is 2.42. The van der Waals surface area contributed by atoms with Crippen LogP contribution in [0, 0.1) is 17.7 Å². The van der Waals surface area contributed by atoms with E-state index in [4.69, 9.17) is 5.73 Å². The average Bonchev–Trinajstić information content (AvgIpc) is 2.37. The van der Waals surface area contributed by atoms with Crippen molar-refractivity contribution in [2.45, 2.75) is 33.7 Å². The summed E-state index contributed by atoms with van der Waals surface area (Å²) in [5, 5.41) is 0. The van der Waals surface area contributed by atoms with Gasteiger partial charge in [0.1, 0.15) is 5.82 Å². The van der Waals surface area contributed by atoms with Crippen molar-refractivity contribution in [3.8, 4) is 0 Å². The van der Waals surface area contributed by atoms with Crippen LogP contribution in [0.3, 0.4) is 0 Å². The minimum atomic E-state index is -0.248. The SMILES string of the molecule is CCN(CC(C)C)CC(C)C(N)c1ccccc1F. The van der Waals surface area contributed by atoms with Crippen molar-refractivity contribution in [1.29, 1.82) is 0 Å². The lowest BCUT2D eigenvalue weighted by Gasteiger charge is -2.29. The topological polar surface area (TPSA) is 29.3 Å². The zero-order valence-corrected chi connectivity index (χ0v) is 12.6. The zero-order chi connectivity index (χ0) is 14.4. The Labute approximate surface area is 116 Å². The van der Waals surface area contributed by atoms with Crippen molar-refractivity contribution in [3.05, 3.63) is 35.6 Å². The van der Waals surface area contributed by atoms with E-state index < -0.39 is 0 Å². The summed E-state index contributed by atoms with van der Waals surface area (Å²) < 4.78 is 13.7. The summed E-state index contributed by atoms with van der Waals surface area (Å²) in [6.45, 7) is 11.7. The number of rotatable bonds is 7. The number of hydrogen-bond donors (Lipinski definition) is 1. The molecule has 1 aromatic carbocycles. The second-order valence-corrected chi connectivity index (χ2v) is 5.77. The molecule has 108 valence electrons. The summed E-state index contributed by atoms with van der Waals surface area (Å²) in [6.07, 6.45) is 0. The van der Waals surface area contributed by atoms with E-state index in [0.29, 0.717) is 11.5 Å². The Kier molecular flexibility index (Phi) is 6.46. The molecule has 2 N–H and O–H groups in total. The lowest BCUT2D eigenvalue weighted by atomic mass is 9.94. The Bertz CT molecular complexity index is 379. The van der Waals surface area contributed by atoms with E-state index >= 15 is 0 Å². The van der Waals surface area contributed by atoms with Crippen LogP contribution in [0.25, 0.3) is 0 Å². The van der Waals surface area contributed by atoms with Crippen LogP contribution in [0.2, 0.25) is 0 Å². The van der Waals surface area contributed by atoms with Crippen LogP contribution in [0.1, 0.15) is 39.3 Å². The molecule has 19 heavy (non-hydrogen) atoms. The Hall–Kier alpha value is -0.930. The van der Waals surface area contributed by atoms with E-state index in [9.17, 15) is 4.39 Å². The van der Waals surface area contributed by atoms with Crippen LogP contribution in [-0.2, 0) is 0 Å². The minimum Gasteiger partial charge on any atom is -0.324 e. The zero-order valence-electron chi connectivity index (χ0n) is 12.6. The molecule has 1 rings (SSSR count). The highest BCUT2D eigenvalue weighted by molar-refractivity contribution is 5.21. The lowest BCUT2D eigenvalue weighted by Crippen LogP contribution is -2.35. The number of hydrogen-bond acceptors (Lipinski definition) is 2. The Morgan fingerprint density at radius 1 is 1.16 bits per heavy atom. The van der Waals surface area contributed by atoms with Gasteiger partial charge in [0.15, 0.2) is 0 Å². The highest BCUT2D eigenvalue weighted by Gasteiger charge is 2.20. The van der Waals surface area contributed by atoms with Gasteiger partial charge >= 0.3 is 0 Å². The first kappa shape index (κ1) is 16.1. The third-order valence-corrected chi connectivity index (χ3v) is 3.49. The second kappa shape index (κ2) is 7.61. The number of nitrogens with zero attached hydrogens (tertiary/aromatic N) is 1. The van der Waals surface area contributed by atoms with Gasteiger partial charge in [-0.3, -0.25) is 0 Å². The summed E-state index contributed by atoms with van der Waals surface area (Å²) in [7, 11) is 0. The molecule has 0 saturated heterocycles. The van der Waals surface area contributed by atoms with Crippen molar-refractivity contribution in [2.75, 3.05) is 19.6 Å². The summed E-state index contributed by atoms with van der Waals surface area (Å²) in [6, 6.07) is 6.56. The summed E-state index contributed by atoms with van der Waals surface area (Å²) in [5.41, 5.74) is 6.83. The van der Waals surface area contributed by atoms with Crippen LogP contribution in [0.5, 0.6) is 0 Å². The van der Waals surface area contributed by atoms with Gasteiger partial charge in [-0.2, -0.15) is 0 Å². The Morgan fingerprint density at radius 2 is 1.79 bits per heavy atom. The molecule has 0 radical (unpaired) electrons. The van der Waals surface area contributed by atoms with Crippen molar-refractivity contribution < 1.29 is 4.39 Å². The van der Waals surface area contributed by atoms with Gasteiger partial charge in [-0.25, -0.2) is 4.39 Å². The molecule has 3 heteroatoms. The third-order valence-electron chi connectivity index (χ3n) is 3.49. The molecule has 2 unspecified atom stereocenters. The molecule has 0 aliphatic carbocycles.